The molecule has 3 N–H and O–H groups in total. The van der Waals surface area contributed by atoms with E-state index in [2.05, 4.69) is 16.5 Å². The van der Waals surface area contributed by atoms with Crippen molar-refractivity contribution < 1.29 is 4.74 Å². The molecule has 1 aromatic heterocycles. The van der Waals surface area contributed by atoms with Gasteiger partial charge in [0.2, 0.25) is 0 Å². The van der Waals surface area contributed by atoms with Crippen LogP contribution in [0.3, 0.4) is 0 Å². The van der Waals surface area contributed by atoms with E-state index in [0.717, 1.165) is 29.8 Å². The number of rotatable bonds is 4. The lowest BCUT2D eigenvalue weighted by Gasteiger charge is -2.25. The van der Waals surface area contributed by atoms with Gasteiger partial charge >= 0.3 is 0 Å². The molecule has 1 aliphatic carbocycles. The van der Waals surface area contributed by atoms with Crippen LogP contribution in [0.25, 0.3) is 0 Å². The Balaban J connectivity index is 2.02. The van der Waals surface area contributed by atoms with Crippen LogP contribution < -0.4 is 16.0 Å². The highest BCUT2D eigenvalue weighted by molar-refractivity contribution is 6.30. The third-order valence-corrected chi connectivity index (χ3v) is 4.35. The maximum atomic E-state index is 6.14. The molecule has 21 heavy (non-hydrogen) atoms. The van der Waals surface area contributed by atoms with Gasteiger partial charge in [-0.15, -0.1) is 0 Å². The lowest BCUT2D eigenvalue weighted by molar-refractivity contribution is 0.383. The molecule has 0 bridgehead atoms. The molecule has 0 radical (unpaired) electrons. The fourth-order valence-corrected chi connectivity index (χ4v) is 3.32. The smallest absolute Gasteiger partial charge is 0.123 e. The highest BCUT2D eigenvalue weighted by Crippen LogP contribution is 2.43. The number of hydrazine groups is 1. The zero-order valence-corrected chi connectivity index (χ0v) is 12.6. The molecule has 2 atom stereocenters. The van der Waals surface area contributed by atoms with Crippen molar-refractivity contribution in [3.63, 3.8) is 0 Å². The predicted molar refractivity (Wildman–Crippen MR) is 83.4 cm³/mol. The van der Waals surface area contributed by atoms with E-state index in [4.69, 9.17) is 22.2 Å². The van der Waals surface area contributed by atoms with Gasteiger partial charge in [-0.05, 0) is 42.7 Å². The minimum atomic E-state index is -0.0743. The lowest BCUT2D eigenvalue weighted by atomic mass is 9.90. The first kappa shape index (κ1) is 14.3. The van der Waals surface area contributed by atoms with Crippen molar-refractivity contribution in [3.8, 4) is 5.75 Å². The van der Waals surface area contributed by atoms with Gasteiger partial charge in [-0.25, -0.2) is 0 Å². The van der Waals surface area contributed by atoms with Gasteiger partial charge in [0, 0.05) is 28.4 Å². The minimum absolute atomic E-state index is 0.0743. The maximum Gasteiger partial charge on any atom is 0.123 e. The number of fused-ring (bicyclic) bond motifs is 1. The number of pyridine rings is 1. The molecule has 2 unspecified atom stereocenters. The van der Waals surface area contributed by atoms with Crippen molar-refractivity contribution in [1.82, 2.24) is 10.4 Å². The summed E-state index contributed by atoms with van der Waals surface area (Å²) in [7, 11) is 1.65. The van der Waals surface area contributed by atoms with Crippen molar-refractivity contribution in [2.24, 2.45) is 5.84 Å². The largest absolute Gasteiger partial charge is 0.496 e. The lowest BCUT2D eigenvalue weighted by Crippen LogP contribution is -2.32. The van der Waals surface area contributed by atoms with Crippen molar-refractivity contribution in [2.75, 3.05) is 7.11 Å². The average Bonchev–Trinajstić information content (AvgIpc) is 2.93. The van der Waals surface area contributed by atoms with Crippen LogP contribution in [0.15, 0.2) is 36.5 Å². The second-order valence-electron chi connectivity index (χ2n) is 5.22. The zero-order chi connectivity index (χ0) is 14.8. The summed E-state index contributed by atoms with van der Waals surface area (Å²) >= 11 is 6.14. The second-order valence-corrected chi connectivity index (χ2v) is 5.66. The molecule has 4 nitrogen and oxygen atoms in total. The maximum absolute atomic E-state index is 6.14. The van der Waals surface area contributed by atoms with E-state index in [1.165, 1.54) is 5.56 Å². The summed E-state index contributed by atoms with van der Waals surface area (Å²) < 4.78 is 5.46. The van der Waals surface area contributed by atoms with Crippen LogP contribution in [-0.2, 0) is 6.42 Å². The number of halogens is 1. The van der Waals surface area contributed by atoms with E-state index < -0.39 is 0 Å². The Kier molecular flexibility index (Phi) is 4.10. The molecule has 3 rings (SSSR count). The predicted octanol–water partition coefficient (Wildman–Crippen LogP) is 2.98. The summed E-state index contributed by atoms with van der Waals surface area (Å²) in [6, 6.07) is 9.63. The number of nitrogens with zero attached hydrogens (tertiary/aromatic N) is 1. The van der Waals surface area contributed by atoms with Gasteiger partial charge in [0.25, 0.3) is 0 Å². The van der Waals surface area contributed by atoms with Gasteiger partial charge in [0.15, 0.2) is 0 Å². The summed E-state index contributed by atoms with van der Waals surface area (Å²) in [5.74, 6) is 6.84. The molecule has 0 saturated heterocycles. The molecule has 0 saturated carbocycles. The molecule has 1 heterocycles. The van der Waals surface area contributed by atoms with E-state index in [0.29, 0.717) is 5.02 Å². The molecular weight excluding hydrogens is 286 g/mol. The van der Waals surface area contributed by atoms with Crippen LogP contribution in [0.1, 0.15) is 35.2 Å². The summed E-state index contributed by atoms with van der Waals surface area (Å²) in [6.45, 7) is 0. The first-order valence-corrected chi connectivity index (χ1v) is 7.35. The van der Waals surface area contributed by atoms with Crippen LogP contribution in [-0.4, -0.2) is 12.1 Å². The molecule has 0 fully saturated rings. The number of ether oxygens (including phenoxy) is 1. The van der Waals surface area contributed by atoms with Crippen LogP contribution in [0.4, 0.5) is 0 Å². The third kappa shape index (κ3) is 2.62. The summed E-state index contributed by atoms with van der Waals surface area (Å²) in [5, 5.41) is 0.672. The number of aryl methyl sites for hydroxylation is 1. The summed E-state index contributed by atoms with van der Waals surface area (Å²) in [5.41, 5.74) is 6.30. The number of aromatic nitrogens is 1. The van der Waals surface area contributed by atoms with Gasteiger partial charge in [-0.3, -0.25) is 16.3 Å². The molecule has 0 aliphatic heterocycles. The minimum Gasteiger partial charge on any atom is -0.496 e. The van der Waals surface area contributed by atoms with Crippen molar-refractivity contribution in [3.05, 3.63) is 58.4 Å². The van der Waals surface area contributed by atoms with Crippen LogP contribution in [0.2, 0.25) is 5.02 Å². The van der Waals surface area contributed by atoms with Crippen LogP contribution in [0, 0.1) is 0 Å². The van der Waals surface area contributed by atoms with Gasteiger partial charge in [-0.2, -0.15) is 0 Å². The van der Waals surface area contributed by atoms with E-state index in [-0.39, 0.29) is 12.0 Å². The first-order valence-electron chi connectivity index (χ1n) is 6.98. The van der Waals surface area contributed by atoms with Crippen molar-refractivity contribution in [1.29, 1.82) is 0 Å². The second kappa shape index (κ2) is 6.02. The average molecular weight is 304 g/mol. The molecule has 2 aromatic rings. The fourth-order valence-electron chi connectivity index (χ4n) is 3.14. The Bertz CT molecular complexity index is 647. The molecule has 5 heteroatoms. The standard InChI is InChI=1S/C16H18ClN3O/c1-21-14-7-5-11(17)9-13(14)16(20-18)12-6-4-10-3-2-8-19-15(10)12/h2-3,5,7-9,12,16,20H,4,6,18H2,1H3. The number of methoxy groups -OCH3 is 1. The summed E-state index contributed by atoms with van der Waals surface area (Å²) in [4.78, 5) is 4.54. The van der Waals surface area contributed by atoms with Crippen molar-refractivity contribution in [2.45, 2.75) is 24.8 Å². The topological polar surface area (TPSA) is 60.2 Å². The number of nitrogens with two attached hydrogens (primary N) is 1. The van der Waals surface area contributed by atoms with E-state index in [9.17, 15) is 0 Å². The van der Waals surface area contributed by atoms with Crippen molar-refractivity contribution >= 4 is 11.6 Å². The van der Waals surface area contributed by atoms with E-state index in [1.807, 2.05) is 30.5 Å². The van der Waals surface area contributed by atoms with Gasteiger partial charge in [-0.1, -0.05) is 17.7 Å². The first-order chi connectivity index (χ1) is 10.2. The molecule has 0 spiro atoms. The van der Waals surface area contributed by atoms with E-state index in [1.54, 1.807) is 7.11 Å². The Morgan fingerprint density at radius 1 is 1.43 bits per heavy atom. The molecule has 1 aliphatic rings. The zero-order valence-electron chi connectivity index (χ0n) is 11.8. The Hall–Kier alpha value is -1.62. The molecular formula is C16H18ClN3O. The SMILES string of the molecule is COc1ccc(Cl)cc1C(NN)C1CCc2cccnc21. The van der Waals surface area contributed by atoms with Gasteiger partial charge < -0.3 is 4.74 Å². The molecule has 1 aromatic carbocycles. The number of hydrogen-bond acceptors (Lipinski definition) is 4. The van der Waals surface area contributed by atoms with Crippen LogP contribution >= 0.6 is 11.6 Å². The normalized spacial score (nSPS) is 18.3. The monoisotopic (exact) mass is 303 g/mol. The Labute approximate surface area is 129 Å². The Morgan fingerprint density at radius 2 is 2.29 bits per heavy atom. The molecule has 0 amide bonds. The van der Waals surface area contributed by atoms with Gasteiger partial charge in [0.05, 0.1) is 13.2 Å². The number of benzene rings is 1. The Morgan fingerprint density at radius 3 is 3.05 bits per heavy atom. The van der Waals surface area contributed by atoms with Gasteiger partial charge in [0.1, 0.15) is 5.75 Å². The quantitative estimate of drug-likeness (QED) is 0.673. The highest BCUT2D eigenvalue weighted by Gasteiger charge is 2.33. The van der Waals surface area contributed by atoms with E-state index >= 15 is 0 Å². The number of nitrogens with one attached hydrogen (secondary N) is 1. The fraction of sp³-hybridized carbons (Fsp3) is 0.312. The third-order valence-electron chi connectivity index (χ3n) is 4.11. The summed E-state index contributed by atoms with van der Waals surface area (Å²) in [6.07, 6.45) is 3.87. The molecule has 110 valence electrons. The van der Waals surface area contributed by atoms with Crippen LogP contribution in [0.5, 0.6) is 5.75 Å². The number of hydrogen-bond donors (Lipinski definition) is 2. The highest BCUT2D eigenvalue weighted by atomic mass is 35.5.